The van der Waals surface area contributed by atoms with E-state index in [-0.39, 0.29) is 21.7 Å². The van der Waals surface area contributed by atoms with Crippen LogP contribution in [0.25, 0.3) is 0 Å². The molecule has 2 rings (SSSR count). The van der Waals surface area contributed by atoms with E-state index >= 15 is 0 Å². The van der Waals surface area contributed by atoms with Crippen LogP contribution in [0.1, 0.15) is 5.56 Å². The lowest BCUT2D eigenvalue weighted by molar-refractivity contribution is 0.596. The van der Waals surface area contributed by atoms with Crippen molar-refractivity contribution < 1.29 is 13.2 Å². The first-order valence-corrected chi connectivity index (χ1v) is 6.46. The van der Waals surface area contributed by atoms with Gasteiger partial charge in [0.05, 0.1) is 10.2 Å². The van der Waals surface area contributed by atoms with E-state index < -0.39 is 17.5 Å². The molecule has 0 radical (unpaired) electrons. The molecule has 2 aromatic rings. The average molecular weight is 351 g/mol. The zero-order valence-electron chi connectivity index (χ0n) is 9.48. The summed E-state index contributed by atoms with van der Waals surface area (Å²) in [6, 6.07) is 6.04. The molecule has 1 N–H and O–H groups in total. The van der Waals surface area contributed by atoms with Crippen molar-refractivity contribution in [2.24, 2.45) is 0 Å². The van der Waals surface area contributed by atoms with Crippen LogP contribution < -0.4 is 5.32 Å². The first kappa shape index (κ1) is 14.2. The third-order valence-electron chi connectivity index (χ3n) is 2.42. The third-order valence-corrected chi connectivity index (χ3v) is 3.24. The lowest BCUT2D eigenvalue weighted by atomic mass is 10.2. The highest BCUT2D eigenvalue weighted by Crippen LogP contribution is 2.24. The first-order chi connectivity index (χ1) is 8.95. The highest BCUT2D eigenvalue weighted by atomic mass is 79.9. The summed E-state index contributed by atoms with van der Waals surface area (Å²) in [5, 5.41) is 2.94. The Morgan fingerprint density at radius 3 is 2.42 bits per heavy atom. The SMILES string of the molecule is Fc1cc(Cl)cc(CNc2cc(F)c(Br)cc2F)c1. The number of nitrogens with one attached hydrogen (secondary N) is 1. The Morgan fingerprint density at radius 2 is 1.74 bits per heavy atom. The van der Waals surface area contributed by atoms with E-state index in [0.29, 0.717) is 5.56 Å². The second-order valence-electron chi connectivity index (χ2n) is 3.88. The predicted octanol–water partition coefficient (Wildman–Crippen LogP) is 5.13. The molecular formula is C13H8BrClF3N. The van der Waals surface area contributed by atoms with Gasteiger partial charge < -0.3 is 5.32 Å². The van der Waals surface area contributed by atoms with Gasteiger partial charge in [0.25, 0.3) is 0 Å². The molecule has 6 heteroatoms. The number of anilines is 1. The monoisotopic (exact) mass is 349 g/mol. The Labute approximate surface area is 121 Å². The Bertz CT molecular complexity index is 599. The van der Waals surface area contributed by atoms with Gasteiger partial charge in [-0.25, -0.2) is 13.2 Å². The fourth-order valence-corrected chi connectivity index (χ4v) is 2.13. The van der Waals surface area contributed by atoms with Gasteiger partial charge in [-0.15, -0.1) is 0 Å². The van der Waals surface area contributed by atoms with E-state index in [2.05, 4.69) is 21.2 Å². The third kappa shape index (κ3) is 3.64. The molecule has 0 spiro atoms. The number of hydrogen-bond acceptors (Lipinski definition) is 1. The fourth-order valence-electron chi connectivity index (χ4n) is 1.57. The fraction of sp³-hybridized carbons (Fsp3) is 0.0769. The highest BCUT2D eigenvalue weighted by Gasteiger charge is 2.08. The molecular weight excluding hydrogens is 343 g/mol. The lowest BCUT2D eigenvalue weighted by Crippen LogP contribution is -2.02. The summed E-state index contributed by atoms with van der Waals surface area (Å²) in [4.78, 5) is 0. The number of rotatable bonds is 3. The van der Waals surface area contributed by atoms with Gasteiger partial charge in [-0.3, -0.25) is 0 Å². The van der Waals surface area contributed by atoms with Crippen molar-refractivity contribution in [3.05, 3.63) is 62.8 Å². The zero-order chi connectivity index (χ0) is 14.0. The molecule has 0 atom stereocenters. The van der Waals surface area contributed by atoms with Crippen molar-refractivity contribution in [1.29, 1.82) is 0 Å². The number of benzene rings is 2. The van der Waals surface area contributed by atoms with Gasteiger partial charge >= 0.3 is 0 Å². The molecule has 100 valence electrons. The van der Waals surface area contributed by atoms with Crippen LogP contribution in [-0.2, 0) is 6.54 Å². The average Bonchev–Trinajstić information content (AvgIpc) is 2.31. The predicted molar refractivity (Wildman–Crippen MR) is 72.8 cm³/mol. The van der Waals surface area contributed by atoms with Crippen molar-refractivity contribution in [2.45, 2.75) is 6.54 Å². The Balaban J connectivity index is 2.16. The molecule has 0 amide bonds. The highest BCUT2D eigenvalue weighted by molar-refractivity contribution is 9.10. The second-order valence-corrected chi connectivity index (χ2v) is 5.17. The van der Waals surface area contributed by atoms with Gasteiger partial charge in [0.15, 0.2) is 0 Å². The maximum atomic E-state index is 13.5. The van der Waals surface area contributed by atoms with Crippen LogP contribution >= 0.6 is 27.5 Å². The van der Waals surface area contributed by atoms with Gasteiger partial charge in [-0.2, -0.15) is 0 Å². The molecule has 2 aromatic carbocycles. The summed E-state index contributed by atoms with van der Waals surface area (Å²) in [6.07, 6.45) is 0. The van der Waals surface area contributed by atoms with Crippen LogP contribution in [0.2, 0.25) is 5.02 Å². The molecule has 0 saturated heterocycles. The van der Waals surface area contributed by atoms with Crippen LogP contribution in [0.5, 0.6) is 0 Å². The number of hydrogen-bond donors (Lipinski definition) is 1. The van der Waals surface area contributed by atoms with Crippen molar-refractivity contribution in [3.63, 3.8) is 0 Å². The van der Waals surface area contributed by atoms with Crippen molar-refractivity contribution in [1.82, 2.24) is 0 Å². The largest absolute Gasteiger partial charge is 0.379 e. The smallest absolute Gasteiger partial charge is 0.147 e. The first-order valence-electron chi connectivity index (χ1n) is 5.29. The zero-order valence-corrected chi connectivity index (χ0v) is 11.8. The quantitative estimate of drug-likeness (QED) is 0.757. The van der Waals surface area contributed by atoms with E-state index in [1.54, 1.807) is 6.07 Å². The molecule has 1 nitrogen and oxygen atoms in total. The van der Waals surface area contributed by atoms with Gasteiger partial charge in [-0.05, 0) is 45.8 Å². The molecule has 0 saturated carbocycles. The van der Waals surface area contributed by atoms with E-state index in [9.17, 15) is 13.2 Å². The molecule has 0 bridgehead atoms. The molecule has 0 aliphatic heterocycles. The summed E-state index contributed by atoms with van der Waals surface area (Å²) in [5.74, 6) is -1.66. The molecule has 0 aliphatic rings. The minimum absolute atomic E-state index is 0.00100. The minimum Gasteiger partial charge on any atom is -0.379 e. The van der Waals surface area contributed by atoms with Crippen LogP contribution in [0.15, 0.2) is 34.8 Å². The van der Waals surface area contributed by atoms with Gasteiger partial charge in [-0.1, -0.05) is 11.6 Å². The Hall–Kier alpha value is -1.20. The van der Waals surface area contributed by atoms with Gasteiger partial charge in [0, 0.05) is 17.6 Å². The molecule has 0 aliphatic carbocycles. The van der Waals surface area contributed by atoms with Crippen LogP contribution in [0.3, 0.4) is 0 Å². The lowest BCUT2D eigenvalue weighted by Gasteiger charge is -2.09. The maximum Gasteiger partial charge on any atom is 0.147 e. The summed E-state index contributed by atoms with van der Waals surface area (Å²) in [5.41, 5.74) is 0.536. The molecule has 0 fully saturated rings. The van der Waals surface area contributed by atoms with Crippen molar-refractivity contribution >= 4 is 33.2 Å². The van der Waals surface area contributed by atoms with E-state index in [0.717, 1.165) is 12.1 Å². The van der Waals surface area contributed by atoms with Gasteiger partial charge in [0.1, 0.15) is 17.5 Å². The Kier molecular flexibility index (Phi) is 4.37. The normalized spacial score (nSPS) is 10.6. The van der Waals surface area contributed by atoms with Crippen molar-refractivity contribution in [2.75, 3.05) is 5.32 Å². The summed E-state index contributed by atoms with van der Waals surface area (Å²) in [6.45, 7) is 0.134. The summed E-state index contributed by atoms with van der Waals surface area (Å²) < 4.78 is 40.0. The van der Waals surface area contributed by atoms with E-state index in [4.69, 9.17) is 11.6 Å². The second kappa shape index (κ2) is 5.84. The molecule has 0 unspecified atom stereocenters. The molecule has 19 heavy (non-hydrogen) atoms. The Morgan fingerprint density at radius 1 is 1.00 bits per heavy atom. The standard InChI is InChI=1S/C13H8BrClF3N/c14-10-4-12(18)13(5-11(10)17)19-6-7-1-8(15)3-9(16)2-7/h1-5,19H,6H2. The molecule has 0 heterocycles. The maximum absolute atomic E-state index is 13.5. The van der Waals surface area contributed by atoms with E-state index in [1.165, 1.54) is 12.1 Å². The van der Waals surface area contributed by atoms with Gasteiger partial charge in [0.2, 0.25) is 0 Å². The number of halogens is 5. The van der Waals surface area contributed by atoms with Crippen molar-refractivity contribution in [3.8, 4) is 0 Å². The van der Waals surface area contributed by atoms with E-state index in [1.807, 2.05) is 0 Å². The molecule has 0 aromatic heterocycles. The summed E-state index contributed by atoms with van der Waals surface area (Å²) in [7, 11) is 0. The topological polar surface area (TPSA) is 12.0 Å². The summed E-state index contributed by atoms with van der Waals surface area (Å²) >= 11 is 8.59. The van der Waals surface area contributed by atoms with Crippen LogP contribution in [0, 0.1) is 17.5 Å². The van der Waals surface area contributed by atoms with Crippen LogP contribution in [0.4, 0.5) is 18.9 Å². The minimum atomic E-state index is -0.601. The van der Waals surface area contributed by atoms with Crippen LogP contribution in [-0.4, -0.2) is 0 Å².